The zero-order valence-electron chi connectivity index (χ0n) is 6.15. The molecule has 0 radical (unpaired) electrons. The number of aromatic nitrogens is 3. The van der Waals surface area contributed by atoms with Crippen LogP contribution in [0.15, 0.2) is 6.33 Å². The number of nitrogens with zero attached hydrogens (tertiary/aromatic N) is 3. The molecule has 0 spiro atoms. The first kappa shape index (κ1) is 8.76. The minimum absolute atomic E-state index is 0.0196. The molecule has 0 aliphatic rings. The van der Waals surface area contributed by atoms with Gasteiger partial charge in [-0.1, -0.05) is 0 Å². The summed E-state index contributed by atoms with van der Waals surface area (Å²) >= 11 is 0. The number of rotatable bonds is 4. The molecule has 0 aliphatic carbocycles. The van der Waals surface area contributed by atoms with Gasteiger partial charge < -0.3 is 0 Å². The van der Waals surface area contributed by atoms with E-state index in [2.05, 4.69) is 10.1 Å². The third-order valence-corrected chi connectivity index (χ3v) is 1.31. The molecule has 1 heterocycles. The maximum absolute atomic E-state index is 11.7. The van der Waals surface area contributed by atoms with Crippen molar-refractivity contribution in [3.63, 3.8) is 0 Å². The van der Waals surface area contributed by atoms with Gasteiger partial charge in [0, 0.05) is 13.0 Å². The molecule has 4 nitrogen and oxygen atoms in total. The number of hydrogen-bond acceptors (Lipinski definition) is 3. The van der Waals surface area contributed by atoms with Gasteiger partial charge >= 0.3 is 0 Å². The van der Waals surface area contributed by atoms with Crippen molar-refractivity contribution < 1.29 is 13.6 Å². The van der Waals surface area contributed by atoms with Crippen molar-refractivity contribution >= 4 is 6.29 Å². The van der Waals surface area contributed by atoms with Crippen molar-refractivity contribution in [2.24, 2.45) is 0 Å². The number of aryl methyl sites for hydroxylation is 1. The van der Waals surface area contributed by atoms with Gasteiger partial charge in [0.15, 0.2) is 12.1 Å². The van der Waals surface area contributed by atoms with Crippen LogP contribution in [0.25, 0.3) is 0 Å². The predicted octanol–water partition coefficient (Wildman–Crippen LogP) is 0.746. The molecule has 12 heavy (non-hydrogen) atoms. The Morgan fingerprint density at radius 3 is 3.00 bits per heavy atom. The lowest BCUT2D eigenvalue weighted by atomic mass is 10.4. The van der Waals surface area contributed by atoms with Crippen LogP contribution < -0.4 is 0 Å². The number of halogens is 2. The molecule has 0 aromatic carbocycles. The fourth-order valence-electron chi connectivity index (χ4n) is 0.757. The lowest BCUT2D eigenvalue weighted by molar-refractivity contribution is 0.109. The monoisotopic (exact) mass is 175 g/mol. The summed E-state index contributed by atoms with van der Waals surface area (Å²) in [5.41, 5.74) is 0. The van der Waals surface area contributed by atoms with Crippen molar-refractivity contribution in [1.29, 1.82) is 0 Å². The van der Waals surface area contributed by atoms with Crippen molar-refractivity contribution in [1.82, 2.24) is 14.8 Å². The van der Waals surface area contributed by atoms with Crippen LogP contribution in [0.3, 0.4) is 0 Å². The second-order valence-corrected chi connectivity index (χ2v) is 2.14. The second kappa shape index (κ2) is 3.89. The Morgan fingerprint density at radius 2 is 2.42 bits per heavy atom. The molecule has 6 heteroatoms. The van der Waals surface area contributed by atoms with Gasteiger partial charge in [-0.25, -0.2) is 18.4 Å². The number of carbonyl (C=O) groups excluding carboxylic acids is 1. The highest BCUT2D eigenvalue weighted by molar-refractivity contribution is 5.68. The first-order chi connectivity index (χ1) is 5.74. The van der Waals surface area contributed by atoms with Crippen molar-refractivity contribution in [3.8, 4) is 0 Å². The van der Waals surface area contributed by atoms with E-state index in [1.807, 2.05) is 0 Å². The van der Waals surface area contributed by atoms with Crippen LogP contribution in [0, 0.1) is 0 Å². The fraction of sp³-hybridized carbons (Fsp3) is 0.500. The molecule has 0 atom stereocenters. The van der Waals surface area contributed by atoms with E-state index in [4.69, 9.17) is 0 Å². The van der Waals surface area contributed by atoms with Gasteiger partial charge in [-0.15, -0.1) is 0 Å². The van der Waals surface area contributed by atoms with Crippen molar-refractivity contribution in [2.75, 3.05) is 0 Å². The van der Waals surface area contributed by atoms with Gasteiger partial charge in [-0.3, -0.25) is 4.79 Å². The predicted molar refractivity (Wildman–Crippen MR) is 36.0 cm³/mol. The molecule has 0 amide bonds. The molecule has 1 aromatic heterocycles. The molecule has 0 unspecified atom stereocenters. The molecular formula is C6H7F2N3O. The molecule has 1 rings (SSSR count). The third kappa shape index (κ3) is 2.08. The number of carbonyl (C=O) groups is 1. The summed E-state index contributed by atoms with van der Waals surface area (Å²) in [5, 5.41) is 3.60. The van der Waals surface area contributed by atoms with E-state index in [0.29, 0.717) is 6.29 Å². The van der Waals surface area contributed by atoms with E-state index < -0.39 is 6.43 Å². The van der Waals surface area contributed by atoms with Crippen LogP contribution in [0.1, 0.15) is 17.0 Å². The van der Waals surface area contributed by atoms with E-state index in [1.165, 1.54) is 0 Å². The average Bonchev–Trinajstić information content (AvgIpc) is 2.47. The zero-order chi connectivity index (χ0) is 8.97. The first-order valence-corrected chi connectivity index (χ1v) is 3.35. The highest BCUT2D eigenvalue weighted by atomic mass is 19.3. The minimum atomic E-state index is -2.38. The standard InChI is InChI=1S/C6H7F2N3O/c7-5(8)1-2-11-6(3-12)9-4-10-11/h3-5H,1-2H2. The molecule has 0 saturated carbocycles. The molecule has 0 saturated heterocycles. The summed E-state index contributed by atoms with van der Waals surface area (Å²) in [5.74, 6) is 0.0793. The summed E-state index contributed by atoms with van der Waals surface area (Å²) in [6, 6.07) is 0. The molecular weight excluding hydrogens is 168 g/mol. The maximum atomic E-state index is 11.7. The topological polar surface area (TPSA) is 47.8 Å². The van der Waals surface area contributed by atoms with E-state index in [1.54, 1.807) is 0 Å². The molecule has 0 N–H and O–H groups in total. The van der Waals surface area contributed by atoms with Crippen LogP contribution >= 0.6 is 0 Å². The highest BCUT2D eigenvalue weighted by Crippen LogP contribution is 2.01. The number of aldehydes is 1. The molecule has 0 fully saturated rings. The van der Waals surface area contributed by atoms with E-state index >= 15 is 0 Å². The van der Waals surface area contributed by atoms with Gasteiger partial charge in [-0.2, -0.15) is 5.10 Å². The Morgan fingerprint density at radius 1 is 1.67 bits per heavy atom. The van der Waals surface area contributed by atoms with Crippen LogP contribution in [0.2, 0.25) is 0 Å². The van der Waals surface area contributed by atoms with Crippen molar-refractivity contribution in [2.45, 2.75) is 19.4 Å². The fourth-order valence-corrected chi connectivity index (χ4v) is 0.757. The minimum Gasteiger partial charge on any atom is -0.294 e. The Labute approximate surface area is 67.2 Å². The van der Waals surface area contributed by atoms with Gasteiger partial charge in [0.1, 0.15) is 6.33 Å². The Kier molecular flexibility index (Phi) is 2.84. The van der Waals surface area contributed by atoms with E-state index in [0.717, 1.165) is 11.0 Å². The summed E-state index contributed by atoms with van der Waals surface area (Å²) in [6.07, 6.45) is -1.05. The summed E-state index contributed by atoms with van der Waals surface area (Å²) in [6.45, 7) is 0.0196. The number of hydrogen-bond donors (Lipinski definition) is 0. The van der Waals surface area contributed by atoms with E-state index in [-0.39, 0.29) is 18.8 Å². The smallest absolute Gasteiger partial charge is 0.240 e. The summed E-state index contributed by atoms with van der Waals surface area (Å²) < 4.78 is 24.6. The van der Waals surface area contributed by atoms with Gasteiger partial charge in [-0.05, 0) is 0 Å². The van der Waals surface area contributed by atoms with Gasteiger partial charge in [0.05, 0.1) is 0 Å². The summed E-state index contributed by atoms with van der Waals surface area (Å²) in [4.78, 5) is 13.8. The van der Waals surface area contributed by atoms with Crippen LogP contribution in [-0.2, 0) is 6.54 Å². The quantitative estimate of drug-likeness (QED) is 0.634. The lowest BCUT2D eigenvalue weighted by Crippen LogP contribution is -2.07. The summed E-state index contributed by atoms with van der Waals surface area (Å²) in [7, 11) is 0. The largest absolute Gasteiger partial charge is 0.294 e. The van der Waals surface area contributed by atoms with Crippen LogP contribution in [-0.4, -0.2) is 27.5 Å². The lowest BCUT2D eigenvalue weighted by Gasteiger charge is -2.00. The molecule has 66 valence electrons. The van der Waals surface area contributed by atoms with Crippen LogP contribution in [0.5, 0.6) is 0 Å². The highest BCUT2D eigenvalue weighted by Gasteiger charge is 2.06. The first-order valence-electron chi connectivity index (χ1n) is 3.35. The van der Waals surface area contributed by atoms with E-state index in [9.17, 15) is 13.6 Å². The Hall–Kier alpha value is -1.33. The second-order valence-electron chi connectivity index (χ2n) is 2.14. The van der Waals surface area contributed by atoms with Crippen molar-refractivity contribution in [3.05, 3.63) is 12.2 Å². The SMILES string of the molecule is O=Cc1ncnn1CCC(F)F. The number of alkyl halides is 2. The van der Waals surface area contributed by atoms with Gasteiger partial charge in [0.25, 0.3) is 0 Å². The Bertz CT molecular complexity index is 261. The molecule has 0 aliphatic heterocycles. The molecule has 1 aromatic rings. The zero-order valence-corrected chi connectivity index (χ0v) is 6.15. The third-order valence-electron chi connectivity index (χ3n) is 1.31. The Balaban J connectivity index is 2.56. The maximum Gasteiger partial charge on any atom is 0.240 e. The molecule has 0 bridgehead atoms. The normalized spacial score (nSPS) is 10.6. The van der Waals surface area contributed by atoms with Gasteiger partial charge in [0.2, 0.25) is 6.43 Å². The average molecular weight is 175 g/mol. The van der Waals surface area contributed by atoms with Crippen LogP contribution in [0.4, 0.5) is 8.78 Å².